The lowest BCUT2D eigenvalue weighted by Crippen LogP contribution is -2.11. The Morgan fingerprint density at radius 2 is 2.00 bits per heavy atom. The molecule has 0 aromatic heterocycles. The third-order valence-electron chi connectivity index (χ3n) is 2.73. The van der Waals surface area contributed by atoms with Crippen molar-refractivity contribution in [3.8, 4) is 0 Å². The summed E-state index contributed by atoms with van der Waals surface area (Å²) in [5.74, 6) is 0. The van der Waals surface area contributed by atoms with Crippen LogP contribution in [0.25, 0.3) is 0 Å². The molecular weight excluding hydrogens is 305 g/mol. The van der Waals surface area contributed by atoms with Crippen molar-refractivity contribution in [3.63, 3.8) is 0 Å². The largest absolute Gasteiger partial charge is 0.416 e. The van der Waals surface area contributed by atoms with Crippen molar-refractivity contribution in [3.05, 3.63) is 33.9 Å². The van der Waals surface area contributed by atoms with Crippen molar-refractivity contribution in [2.45, 2.75) is 12.6 Å². The minimum atomic E-state index is -4.61. The molecule has 6 nitrogen and oxygen atoms in total. The lowest BCUT2D eigenvalue weighted by Gasteiger charge is -2.10. The first-order valence-corrected chi connectivity index (χ1v) is 6.52. The zero-order valence-corrected chi connectivity index (χ0v) is 12.0. The van der Waals surface area contributed by atoms with Crippen molar-refractivity contribution in [1.82, 2.24) is 0 Å². The molecule has 0 heterocycles. The van der Waals surface area contributed by atoms with Crippen LogP contribution in [0.3, 0.4) is 0 Å². The molecular formula is C13H17F3N2O4. The molecule has 0 saturated carbocycles. The number of anilines is 1. The van der Waals surface area contributed by atoms with Gasteiger partial charge in [0.15, 0.2) is 0 Å². The molecule has 0 radical (unpaired) electrons. The van der Waals surface area contributed by atoms with Crippen molar-refractivity contribution >= 4 is 11.4 Å². The second-order valence-corrected chi connectivity index (χ2v) is 4.37. The monoisotopic (exact) mass is 322 g/mol. The summed E-state index contributed by atoms with van der Waals surface area (Å²) in [7, 11) is 1.55. The summed E-state index contributed by atoms with van der Waals surface area (Å²) in [6.45, 7) is 1.68. The highest BCUT2D eigenvalue weighted by atomic mass is 19.4. The highest BCUT2D eigenvalue weighted by molar-refractivity contribution is 5.62. The lowest BCUT2D eigenvalue weighted by molar-refractivity contribution is -0.384. The van der Waals surface area contributed by atoms with Gasteiger partial charge in [0.05, 0.1) is 23.7 Å². The van der Waals surface area contributed by atoms with E-state index in [2.05, 4.69) is 5.32 Å². The van der Waals surface area contributed by atoms with E-state index in [4.69, 9.17) is 9.47 Å². The number of hydrogen-bond acceptors (Lipinski definition) is 5. The molecule has 1 aromatic carbocycles. The summed E-state index contributed by atoms with van der Waals surface area (Å²) in [5.41, 5.74) is -1.60. The minimum absolute atomic E-state index is 0.0508. The number of nitrogens with zero attached hydrogens (tertiary/aromatic N) is 1. The van der Waals surface area contributed by atoms with E-state index >= 15 is 0 Å². The van der Waals surface area contributed by atoms with Gasteiger partial charge in [-0.3, -0.25) is 10.1 Å². The average Bonchev–Trinajstić information content (AvgIpc) is 2.45. The molecule has 0 amide bonds. The van der Waals surface area contributed by atoms with Gasteiger partial charge in [-0.2, -0.15) is 13.2 Å². The summed E-state index contributed by atoms with van der Waals surface area (Å²) in [6.07, 6.45) is -4.06. The topological polar surface area (TPSA) is 73.6 Å². The first kappa shape index (κ1) is 18.2. The Balaban J connectivity index is 2.57. The van der Waals surface area contributed by atoms with Gasteiger partial charge in [-0.05, 0) is 18.6 Å². The van der Waals surface area contributed by atoms with E-state index < -0.39 is 22.4 Å². The van der Waals surface area contributed by atoms with Gasteiger partial charge in [0.2, 0.25) is 0 Å². The molecule has 1 rings (SSSR count). The fourth-order valence-corrected chi connectivity index (χ4v) is 1.65. The molecule has 0 unspecified atom stereocenters. The van der Waals surface area contributed by atoms with E-state index in [9.17, 15) is 23.3 Å². The molecule has 9 heteroatoms. The highest BCUT2D eigenvalue weighted by Crippen LogP contribution is 2.34. The van der Waals surface area contributed by atoms with Gasteiger partial charge in [-0.15, -0.1) is 0 Å². The number of nitro benzene ring substituents is 1. The number of benzene rings is 1. The van der Waals surface area contributed by atoms with Gasteiger partial charge in [0, 0.05) is 26.3 Å². The Hall–Kier alpha value is -1.87. The summed E-state index contributed by atoms with van der Waals surface area (Å²) >= 11 is 0. The molecule has 0 bridgehead atoms. The molecule has 22 heavy (non-hydrogen) atoms. The van der Waals surface area contributed by atoms with Crippen LogP contribution in [-0.4, -0.2) is 38.4 Å². The summed E-state index contributed by atoms with van der Waals surface area (Å²) in [4.78, 5) is 10.0. The number of rotatable bonds is 9. The van der Waals surface area contributed by atoms with Crippen molar-refractivity contribution in [1.29, 1.82) is 0 Å². The molecule has 1 aromatic rings. The van der Waals surface area contributed by atoms with Crippen LogP contribution in [0.15, 0.2) is 18.2 Å². The molecule has 124 valence electrons. The average molecular weight is 322 g/mol. The van der Waals surface area contributed by atoms with Crippen LogP contribution in [0.4, 0.5) is 24.5 Å². The van der Waals surface area contributed by atoms with Gasteiger partial charge in [-0.1, -0.05) is 0 Å². The predicted molar refractivity (Wildman–Crippen MR) is 73.9 cm³/mol. The third-order valence-corrected chi connectivity index (χ3v) is 2.73. The van der Waals surface area contributed by atoms with Crippen LogP contribution < -0.4 is 5.32 Å². The first-order valence-electron chi connectivity index (χ1n) is 6.52. The number of alkyl halides is 3. The Kier molecular flexibility index (Phi) is 7.06. The number of methoxy groups -OCH3 is 1. The third kappa shape index (κ3) is 5.86. The van der Waals surface area contributed by atoms with Crippen molar-refractivity contribution in [2.75, 3.05) is 38.8 Å². The van der Waals surface area contributed by atoms with E-state index in [1.165, 1.54) is 0 Å². The van der Waals surface area contributed by atoms with Crippen LogP contribution in [0.2, 0.25) is 0 Å². The number of ether oxygens (including phenoxy) is 2. The maximum atomic E-state index is 12.5. The molecule has 0 atom stereocenters. The van der Waals surface area contributed by atoms with E-state index in [1.54, 1.807) is 7.11 Å². The van der Waals surface area contributed by atoms with Crippen LogP contribution in [0, 0.1) is 10.1 Å². The minimum Gasteiger partial charge on any atom is -0.382 e. The zero-order chi connectivity index (χ0) is 16.6. The normalized spacial score (nSPS) is 11.5. The zero-order valence-electron chi connectivity index (χ0n) is 12.0. The quantitative estimate of drug-likeness (QED) is 0.430. The summed E-state index contributed by atoms with van der Waals surface area (Å²) in [6, 6.07) is 2.40. The smallest absolute Gasteiger partial charge is 0.382 e. The predicted octanol–water partition coefficient (Wildman–Crippen LogP) is 3.08. The molecule has 0 saturated heterocycles. The second kappa shape index (κ2) is 8.54. The summed E-state index contributed by atoms with van der Waals surface area (Å²) in [5, 5.41) is 13.6. The number of nitro groups is 1. The molecule has 0 spiro atoms. The highest BCUT2D eigenvalue weighted by Gasteiger charge is 2.32. The van der Waals surface area contributed by atoms with Crippen LogP contribution in [-0.2, 0) is 15.7 Å². The number of nitrogens with one attached hydrogen (secondary N) is 1. The SMILES string of the molecule is COCCOCCCNc1ccc(C(F)(F)F)cc1[N+](=O)[O-]. The van der Waals surface area contributed by atoms with E-state index in [0.29, 0.717) is 38.9 Å². The van der Waals surface area contributed by atoms with Gasteiger partial charge < -0.3 is 14.8 Å². The van der Waals surface area contributed by atoms with Crippen molar-refractivity contribution < 1.29 is 27.6 Å². The van der Waals surface area contributed by atoms with Gasteiger partial charge >= 0.3 is 6.18 Å². The Morgan fingerprint density at radius 1 is 1.27 bits per heavy atom. The van der Waals surface area contributed by atoms with E-state index in [0.717, 1.165) is 12.1 Å². The first-order chi connectivity index (χ1) is 10.4. The lowest BCUT2D eigenvalue weighted by atomic mass is 10.1. The van der Waals surface area contributed by atoms with Gasteiger partial charge in [-0.25, -0.2) is 0 Å². The molecule has 1 N–H and O–H groups in total. The van der Waals surface area contributed by atoms with Gasteiger partial charge in [0.1, 0.15) is 5.69 Å². The van der Waals surface area contributed by atoms with Crippen LogP contribution in [0.1, 0.15) is 12.0 Å². The van der Waals surface area contributed by atoms with E-state index in [1.807, 2.05) is 0 Å². The number of halogens is 3. The van der Waals surface area contributed by atoms with Crippen LogP contribution in [0.5, 0.6) is 0 Å². The second-order valence-electron chi connectivity index (χ2n) is 4.37. The Morgan fingerprint density at radius 3 is 2.59 bits per heavy atom. The Bertz CT molecular complexity index is 495. The molecule has 0 aliphatic rings. The number of hydrogen-bond donors (Lipinski definition) is 1. The maximum Gasteiger partial charge on any atom is 0.416 e. The fourth-order valence-electron chi connectivity index (χ4n) is 1.65. The van der Waals surface area contributed by atoms with Crippen LogP contribution >= 0.6 is 0 Å². The maximum absolute atomic E-state index is 12.5. The van der Waals surface area contributed by atoms with Crippen molar-refractivity contribution in [2.24, 2.45) is 0 Å². The van der Waals surface area contributed by atoms with E-state index in [-0.39, 0.29) is 5.69 Å². The molecule has 0 aliphatic heterocycles. The standard InChI is InChI=1S/C13H17F3N2O4/c1-21-7-8-22-6-2-5-17-11-4-3-10(13(14,15)16)9-12(11)18(19)20/h3-4,9,17H,2,5-8H2,1H3. The fraction of sp³-hybridized carbons (Fsp3) is 0.538. The molecule has 0 fully saturated rings. The van der Waals surface area contributed by atoms with Gasteiger partial charge in [0.25, 0.3) is 5.69 Å². The molecule has 0 aliphatic carbocycles. The Labute approximate surface area is 125 Å². The summed E-state index contributed by atoms with van der Waals surface area (Å²) < 4.78 is 47.6.